The van der Waals surface area contributed by atoms with Crippen molar-refractivity contribution in [1.29, 1.82) is 0 Å². The largest absolute Gasteiger partial charge is 0.495 e. The van der Waals surface area contributed by atoms with Crippen molar-refractivity contribution in [2.45, 2.75) is 24.8 Å². The Morgan fingerprint density at radius 2 is 2.10 bits per heavy atom. The smallest absolute Gasteiger partial charge is 0.407 e. The molecule has 1 aromatic rings. The average molecular weight is 322 g/mol. The SMILES string of the molecule is CCCOC(=O)NCc1ccc(OC)c(S(=O)(=O)Cl)c1. The van der Waals surface area contributed by atoms with Gasteiger partial charge in [0.25, 0.3) is 9.05 Å². The molecule has 20 heavy (non-hydrogen) atoms. The van der Waals surface area contributed by atoms with Crippen LogP contribution in [-0.4, -0.2) is 28.2 Å². The van der Waals surface area contributed by atoms with Crippen LogP contribution in [0.4, 0.5) is 4.79 Å². The second-order valence-electron chi connectivity index (χ2n) is 3.91. The van der Waals surface area contributed by atoms with Crippen LogP contribution in [0.3, 0.4) is 0 Å². The van der Waals surface area contributed by atoms with Crippen LogP contribution in [-0.2, 0) is 20.3 Å². The van der Waals surface area contributed by atoms with Crippen molar-refractivity contribution < 1.29 is 22.7 Å². The van der Waals surface area contributed by atoms with Crippen molar-refractivity contribution in [3.8, 4) is 5.75 Å². The van der Waals surface area contributed by atoms with Gasteiger partial charge in [0.1, 0.15) is 10.6 Å². The number of amides is 1. The summed E-state index contributed by atoms with van der Waals surface area (Å²) in [4.78, 5) is 11.1. The number of carbonyl (C=O) groups is 1. The van der Waals surface area contributed by atoms with Crippen LogP contribution >= 0.6 is 10.7 Å². The molecule has 0 unspecified atom stereocenters. The third-order valence-corrected chi connectivity index (χ3v) is 3.71. The Balaban J connectivity index is 2.80. The third kappa shape index (κ3) is 4.90. The van der Waals surface area contributed by atoms with Crippen molar-refractivity contribution in [3.63, 3.8) is 0 Å². The molecule has 0 aliphatic carbocycles. The summed E-state index contributed by atoms with van der Waals surface area (Å²) < 4.78 is 32.6. The molecule has 0 bridgehead atoms. The zero-order valence-corrected chi connectivity index (χ0v) is 12.8. The first-order valence-electron chi connectivity index (χ1n) is 5.90. The maximum atomic E-state index is 11.4. The van der Waals surface area contributed by atoms with Gasteiger partial charge in [0, 0.05) is 17.2 Å². The average Bonchev–Trinajstić information content (AvgIpc) is 2.41. The molecule has 0 spiro atoms. The van der Waals surface area contributed by atoms with Gasteiger partial charge in [-0.15, -0.1) is 0 Å². The number of carbonyl (C=O) groups excluding carboxylic acids is 1. The first kappa shape index (κ1) is 16.6. The highest BCUT2D eigenvalue weighted by Crippen LogP contribution is 2.27. The molecule has 0 aliphatic rings. The van der Waals surface area contributed by atoms with E-state index in [-0.39, 0.29) is 17.2 Å². The van der Waals surface area contributed by atoms with Crippen LogP contribution < -0.4 is 10.1 Å². The van der Waals surface area contributed by atoms with Crippen molar-refractivity contribution >= 4 is 25.8 Å². The van der Waals surface area contributed by atoms with Gasteiger partial charge in [-0.05, 0) is 24.1 Å². The van der Waals surface area contributed by atoms with E-state index >= 15 is 0 Å². The molecular weight excluding hydrogens is 306 g/mol. The Morgan fingerprint density at radius 1 is 1.40 bits per heavy atom. The van der Waals surface area contributed by atoms with Gasteiger partial charge >= 0.3 is 6.09 Å². The van der Waals surface area contributed by atoms with Gasteiger partial charge in [-0.1, -0.05) is 13.0 Å². The first-order valence-corrected chi connectivity index (χ1v) is 8.21. The molecule has 0 heterocycles. The minimum atomic E-state index is -3.92. The third-order valence-electron chi connectivity index (χ3n) is 2.36. The Labute approximate surface area is 122 Å². The lowest BCUT2D eigenvalue weighted by Gasteiger charge is -2.09. The van der Waals surface area contributed by atoms with Crippen molar-refractivity contribution in [3.05, 3.63) is 23.8 Å². The van der Waals surface area contributed by atoms with E-state index in [1.54, 1.807) is 6.07 Å². The first-order chi connectivity index (χ1) is 9.38. The summed E-state index contributed by atoms with van der Waals surface area (Å²) in [5.41, 5.74) is 0.568. The standard InChI is InChI=1S/C12H16ClNO5S/c1-3-6-19-12(15)14-8-9-4-5-10(18-2)11(7-9)20(13,16)17/h4-5,7H,3,6,8H2,1-2H3,(H,14,15). The van der Waals surface area contributed by atoms with E-state index in [4.69, 9.17) is 20.2 Å². The topological polar surface area (TPSA) is 81.7 Å². The molecule has 112 valence electrons. The molecule has 0 saturated carbocycles. The van der Waals surface area contributed by atoms with Crippen molar-refractivity contribution in [2.24, 2.45) is 0 Å². The Kier molecular flexibility index (Phi) is 6.09. The van der Waals surface area contributed by atoms with Gasteiger partial charge < -0.3 is 14.8 Å². The summed E-state index contributed by atoms with van der Waals surface area (Å²) >= 11 is 0. The number of halogens is 1. The van der Waals surface area contributed by atoms with E-state index < -0.39 is 15.1 Å². The Hall–Kier alpha value is -1.47. The monoisotopic (exact) mass is 321 g/mol. The lowest BCUT2D eigenvalue weighted by atomic mass is 10.2. The lowest BCUT2D eigenvalue weighted by molar-refractivity contribution is 0.146. The quantitative estimate of drug-likeness (QED) is 0.813. The maximum absolute atomic E-state index is 11.4. The van der Waals surface area contributed by atoms with Crippen LogP contribution in [0.25, 0.3) is 0 Å². The number of alkyl carbamates (subject to hydrolysis) is 1. The molecule has 8 heteroatoms. The normalized spacial score (nSPS) is 10.9. The predicted octanol–water partition coefficient (Wildman–Crippen LogP) is 2.26. The zero-order chi connectivity index (χ0) is 15.2. The van der Waals surface area contributed by atoms with E-state index in [0.29, 0.717) is 12.2 Å². The van der Waals surface area contributed by atoms with E-state index in [2.05, 4.69) is 5.32 Å². The van der Waals surface area contributed by atoms with Gasteiger partial charge in [-0.25, -0.2) is 13.2 Å². The van der Waals surface area contributed by atoms with Gasteiger partial charge in [0.2, 0.25) is 0 Å². The number of nitrogens with one attached hydrogen (secondary N) is 1. The molecular formula is C12H16ClNO5S. The van der Waals surface area contributed by atoms with Gasteiger partial charge in [-0.2, -0.15) is 0 Å². The van der Waals surface area contributed by atoms with Crippen molar-refractivity contribution in [1.82, 2.24) is 5.32 Å². The molecule has 6 nitrogen and oxygen atoms in total. The highest BCUT2D eigenvalue weighted by Gasteiger charge is 2.17. The van der Waals surface area contributed by atoms with Gasteiger partial charge in [-0.3, -0.25) is 0 Å². The fourth-order valence-electron chi connectivity index (χ4n) is 1.44. The van der Waals surface area contributed by atoms with E-state index in [0.717, 1.165) is 6.42 Å². The van der Waals surface area contributed by atoms with Crippen LogP contribution in [0.5, 0.6) is 5.75 Å². The minimum Gasteiger partial charge on any atom is -0.495 e. The summed E-state index contributed by atoms with van der Waals surface area (Å²) in [7, 11) is 2.76. The molecule has 0 aromatic heterocycles. The summed E-state index contributed by atoms with van der Waals surface area (Å²) in [6.45, 7) is 2.34. The number of hydrogen-bond acceptors (Lipinski definition) is 5. The van der Waals surface area contributed by atoms with Crippen LogP contribution in [0, 0.1) is 0 Å². The maximum Gasteiger partial charge on any atom is 0.407 e. The fourth-order valence-corrected chi connectivity index (χ4v) is 2.49. The highest BCUT2D eigenvalue weighted by atomic mass is 35.7. The van der Waals surface area contributed by atoms with Gasteiger partial charge in [0.05, 0.1) is 13.7 Å². The number of rotatable bonds is 6. The number of hydrogen-bond donors (Lipinski definition) is 1. The molecule has 0 fully saturated rings. The number of methoxy groups -OCH3 is 1. The molecule has 1 rings (SSSR count). The fraction of sp³-hybridized carbons (Fsp3) is 0.417. The second kappa shape index (κ2) is 7.35. The summed E-state index contributed by atoms with van der Waals surface area (Å²) in [6.07, 6.45) is 0.169. The van der Waals surface area contributed by atoms with Crippen LogP contribution in [0.15, 0.2) is 23.1 Å². The summed E-state index contributed by atoms with van der Waals surface area (Å²) in [5, 5.41) is 2.51. The van der Waals surface area contributed by atoms with Gasteiger partial charge in [0.15, 0.2) is 0 Å². The predicted molar refractivity (Wildman–Crippen MR) is 74.5 cm³/mol. The van der Waals surface area contributed by atoms with E-state index in [9.17, 15) is 13.2 Å². The Morgan fingerprint density at radius 3 is 2.65 bits per heavy atom. The van der Waals surface area contributed by atoms with E-state index in [1.165, 1.54) is 19.2 Å². The molecule has 0 radical (unpaired) electrons. The van der Waals surface area contributed by atoms with E-state index in [1.807, 2.05) is 6.92 Å². The highest BCUT2D eigenvalue weighted by molar-refractivity contribution is 8.13. The second-order valence-corrected chi connectivity index (χ2v) is 6.45. The minimum absolute atomic E-state index is 0.131. The molecule has 0 atom stereocenters. The summed E-state index contributed by atoms with van der Waals surface area (Å²) in [6, 6.07) is 4.45. The number of benzene rings is 1. The molecule has 0 saturated heterocycles. The summed E-state index contributed by atoms with van der Waals surface area (Å²) in [5.74, 6) is 0.150. The number of ether oxygens (including phenoxy) is 2. The van der Waals surface area contributed by atoms with Crippen LogP contribution in [0.1, 0.15) is 18.9 Å². The molecule has 0 aliphatic heterocycles. The molecule has 1 aromatic carbocycles. The lowest BCUT2D eigenvalue weighted by Crippen LogP contribution is -2.24. The van der Waals surface area contributed by atoms with Crippen molar-refractivity contribution in [2.75, 3.05) is 13.7 Å². The molecule has 1 amide bonds. The van der Waals surface area contributed by atoms with Crippen LogP contribution in [0.2, 0.25) is 0 Å². The Bertz CT molecular complexity index is 573. The zero-order valence-electron chi connectivity index (χ0n) is 11.2. The molecule has 1 N–H and O–H groups in total.